The van der Waals surface area contributed by atoms with Crippen molar-refractivity contribution in [3.05, 3.63) is 35.5 Å². The van der Waals surface area contributed by atoms with Crippen LogP contribution in [0.15, 0.2) is 35.5 Å². The van der Waals surface area contributed by atoms with E-state index in [1.165, 1.54) is 13.2 Å². The highest BCUT2D eigenvalue weighted by atomic mass is 16.7. The van der Waals surface area contributed by atoms with Gasteiger partial charge in [0.1, 0.15) is 6.04 Å². The summed E-state index contributed by atoms with van der Waals surface area (Å²) in [6, 6.07) is -0.835. The van der Waals surface area contributed by atoms with Crippen LogP contribution in [-0.2, 0) is 19.1 Å². The molecule has 0 fully saturated rings. The van der Waals surface area contributed by atoms with Gasteiger partial charge < -0.3 is 19.7 Å². The highest BCUT2D eigenvalue weighted by Gasteiger charge is 2.22. The average Bonchev–Trinajstić information content (AvgIpc) is 2.61. The quantitative estimate of drug-likeness (QED) is 0.377. The van der Waals surface area contributed by atoms with E-state index in [4.69, 9.17) is 14.6 Å². The zero-order valence-corrected chi connectivity index (χ0v) is 14.9. The molecule has 0 aromatic carbocycles. The summed E-state index contributed by atoms with van der Waals surface area (Å²) in [6.45, 7) is 4.12. The van der Waals surface area contributed by atoms with Gasteiger partial charge in [-0.25, -0.2) is 0 Å². The molecule has 0 bridgehead atoms. The number of aliphatic carboxylic acids is 1. The number of allylic oxidation sites excluding steroid dienone is 5. The molecule has 0 heterocycles. The number of carboxylic acid groups (broad SMARTS) is 1. The lowest BCUT2D eigenvalue weighted by atomic mass is 9.96. The molecule has 1 rings (SSSR count). The predicted octanol–water partition coefficient (Wildman–Crippen LogP) is 1.05. The molecule has 0 saturated carbocycles. The summed E-state index contributed by atoms with van der Waals surface area (Å²) in [6.07, 6.45) is 6.11. The topological polar surface area (TPSA) is 105 Å². The number of carbonyl (C=O) groups excluding carboxylic acids is 1. The number of hydrogen-bond donors (Lipinski definition) is 3. The molecule has 1 aliphatic carbocycles. The number of aliphatic hydroxyl groups is 1. The van der Waals surface area contributed by atoms with E-state index in [0.717, 1.165) is 5.57 Å². The zero-order chi connectivity index (χ0) is 18.8. The van der Waals surface area contributed by atoms with Crippen LogP contribution in [0, 0.1) is 5.92 Å². The fourth-order valence-electron chi connectivity index (χ4n) is 2.21. The van der Waals surface area contributed by atoms with Crippen LogP contribution in [0.25, 0.3) is 0 Å². The third kappa shape index (κ3) is 7.31. The maximum Gasteiger partial charge on any atom is 0.321 e. The minimum Gasteiger partial charge on any atom is -0.480 e. The van der Waals surface area contributed by atoms with Crippen molar-refractivity contribution in [2.24, 2.45) is 5.92 Å². The molecule has 7 heteroatoms. The number of ketones is 1. The molecule has 0 aromatic rings. The minimum absolute atomic E-state index is 0.00804. The Bertz CT molecular complexity index is 552. The Morgan fingerprint density at radius 1 is 1.40 bits per heavy atom. The number of ether oxygens (including phenoxy) is 2. The highest BCUT2D eigenvalue weighted by Crippen LogP contribution is 2.17. The second-order valence-corrected chi connectivity index (χ2v) is 5.95. The lowest BCUT2D eigenvalue weighted by Gasteiger charge is -2.22. The van der Waals surface area contributed by atoms with Crippen LogP contribution in [0.1, 0.15) is 20.3 Å². The van der Waals surface area contributed by atoms with Gasteiger partial charge in [-0.1, -0.05) is 19.1 Å². The van der Waals surface area contributed by atoms with E-state index in [1.807, 2.05) is 6.92 Å². The Labute approximate surface area is 148 Å². The molecule has 3 N–H and O–H groups in total. The molecular weight excluding hydrogens is 326 g/mol. The number of hydrogen-bond acceptors (Lipinski definition) is 6. The van der Waals surface area contributed by atoms with Crippen LogP contribution in [0.5, 0.6) is 0 Å². The van der Waals surface area contributed by atoms with Crippen molar-refractivity contribution in [3.63, 3.8) is 0 Å². The van der Waals surface area contributed by atoms with Crippen LogP contribution < -0.4 is 5.32 Å². The van der Waals surface area contributed by atoms with E-state index in [-0.39, 0.29) is 31.3 Å². The standard InChI is InChI=1S/C18H27NO6/c1-4-14-7-13(5-6-16(14)21)8-15(18(22)23)19-9-17(24-3)25-11-12(2)10-20/h4-7,12,15,17,19-20H,8-11H2,1-3H3,(H,22,23). The van der Waals surface area contributed by atoms with Crippen LogP contribution in [0.2, 0.25) is 0 Å². The van der Waals surface area contributed by atoms with Crippen LogP contribution >= 0.6 is 0 Å². The summed E-state index contributed by atoms with van der Waals surface area (Å²) in [5.74, 6) is -1.11. The molecular formula is C18H27NO6. The van der Waals surface area contributed by atoms with Gasteiger partial charge in [0.05, 0.1) is 6.61 Å². The van der Waals surface area contributed by atoms with Crippen LogP contribution in [0.3, 0.4) is 0 Å². The molecule has 0 amide bonds. The minimum atomic E-state index is -0.994. The first-order chi connectivity index (χ1) is 11.9. The Kier molecular flexibility index (Phi) is 9.30. The number of methoxy groups -OCH3 is 1. The van der Waals surface area contributed by atoms with Gasteiger partial charge in [0.25, 0.3) is 0 Å². The van der Waals surface area contributed by atoms with Crippen molar-refractivity contribution in [1.29, 1.82) is 0 Å². The van der Waals surface area contributed by atoms with E-state index < -0.39 is 18.3 Å². The van der Waals surface area contributed by atoms with Gasteiger partial charge >= 0.3 is 5.97 Å². The Balaban J connectivity index is 2.61. The summed E-state index contributed by atoms with van der Waals surface area (Å²) in [5, 5.41) is 21.3. The summed E-state index contributed by atoms with van der Waals surface area (Å²) in [7, 11) is 1.47. The van der Waals surface area contributed by atoms with Crippen molar-refractivity contribution in [2.45, 2.75) is 32.6 Å². The SMILES string of the molecule is CC=C1C=C(CC(NCC(OC)OCC(C)CO)C(=O)O)C=CC1=O. The van der Waals surface area contributed by atoms with Crippen LogP contribution in [0.4, 0.5) is 0 Å². The summed E-state index contributed by atoms with van der Waals surface area (Å²) in [5.41, 5.74) is 1.31. The first kappa shape index (κ1) is 21.2. The third-order valence-corrected chi connectivity index (χ3v) is 3.80. The maximum absolute atomic E-state index is 11.6. The van der Waals surface area contributed by atoms with Gasteiger partial charge in [0.2, 0.25) is 0 Å². The van der Waals surface area contributed by atoms with Crippen molar-refractivity contribution >= 4 is 11.8 Å². The number of nitrogens with one attached hydrogen (secondary N) is 1. The van der Waals surface area contributed by atoms with E-state index in [1.54, 1.807) is 25.2 Å². The number of carbonyl (C=O) groups is 2. The molecule has 0 saturated heterocycles. The molecule has 3 unspecified atom stereocenters. The van der Waals surface area contributed by atoms with E-state index in [0.29, 0.717) is 12.2 Å². The second-order valence-electron chi connectivity index (χ2n) is 5.95. The molecule has 7 nitrogen and oxygen atoms in total. The molecule has 0 spiro atoms. The van der Waals surface area contributed by atoms with Crippen molar-refractivity contribution in [2.75, 3.05) is 26.9 Å². The molecule has 25 heavy (non-hydrogen) atoms. The first-order valence-corrected chi connectivity index (χ1v) is 8.22. The van der Waals surface area contributed by atoms with Gasteiger partial charge in [-0.3, -0.25) is 14.9 Å². The lowest BCUT2D eigenvalue weighted by molar-refractivity contribution is -0.143. The summed E-state index contributed by atoms with van der Waals surface area (Å²) in [4.78, 5) is 23.1. The molecule has 3 atom stereocenters. The maximum atomic E-state index is 11.6. The largest absolute Gasteiger partial charge is 0.480 e. The van der Waals surface area contributed by atoms with Gasteiger partial charge in [0, 0.05) is 31.8 Å². The number of rotatable bonds is 11. The molecule has 0 radical (unpaired) electrons. The van der Waals surface area contributed by atoms with Gasteiger partial charge in [-0.2, -0.15) is 0 Å². The lowest BCUT2D eigenvalue weighted by Crippen LogP contribution is -2.42. The van der Waals surface area contributed by atoms with Gasteiger partial charge in [0.15, 0.2) is 12.1 Å². The second kappa shape index (κ2) is 10.9. The van der Waals surface area contributed by atoms with Crippen molar-refractivity contribution in [3.8, 4) is 0 Å². The fourth-order valence-corrected chi connectivity index (χ4v) is 2.21. The number of carboxylic acids is 1. The smallest absolute Gasteiger partial charge is 0.321 e. The van der Waals surface area contributed by atoms with Crippen molar-refractivity contribution < 1.29 is 29.3 Å². The van der Waals surface area contributed by atoms with E-state index >= 15 is 0 Å². The molecule has 1 aliphatic rings. The van der Waals surface area contributed by atoms with Gasteiger partial charge in [-0.15, -0.1) is 0 Å². The predicted molar refractivity (Wildman–Crippen MR) is 93.0 cm³/mol. The fraction of sp³-hybridized carbons (Fsp3) is 0.556. The molecule has 140 valence electrons. The average molecular weight is 353 g/mol. The van der Waals surface area contributed by atoms with E-state index in [2.05, 4.69) is 5.32 Å². The number of aliphatic hydroxyl groups excluding tert-OH is 1. The zero-order valence-electron chi connectivity index (χ0n) is 14.9. The van der Waals surface area contributed by atoms with Crippen molar-refractivity contribution in [1.82, 2.24) is 5.32 Å². The third-order valence-electron chi connectivity index (χ3n) is 3.80. The Morgan fingerprint density at radius 3 is 2.68 bits per heavy atom. The van der Waals surface area contributed by atoms with Gasteiger partial charge in [-0.05, 0) is 31.1 Å². The van der Waals surface area contributed by atoms with Crippen LogP contribution in [-0.4, -0.2) is 61.2 Å². The molecule has 0 aromatic heterocycles. The summed E-state index contributed by atoms with van der Waals surface area (Å²) < 4.78 is 10.7. The monoisotopic (exact) mass is 353 g/mol. The molecule has 0 aliphatic heterocycles. The van der Waals surface area contributed by atoms with E-state index in [9.17, 15) is 14.7 Å². The Morgan fingerprint density at radius 2 is 2.12 bits per heavy atom. The Hall–Kier alpha value is -1.80. The normalized spacial score (nSPS) is 19.6. The highest BCUT2D eigenvalue weighted by molar-refractivity contribution is 6.07. The first-order valence-electron chi connectivity index (χ1n) is 8.22. The summed E-state index contributed by atoms with van der Waals surface area (Å²) >= 11 is 0.